The second kappa shape index (κ2) is 8.32. The molecule has 9 heteroatoms. The number of imide groups is 1. The van der Waals surface area contributed by atoms with Gasteiger partial charge < -0.3 is 10.1 Å². The van der Waals surface area contributed by atoms with E-state index < -0.39 is 36.3 Å². The lowest BCUT2D eigenvalue weighted by atomic mass is 10.1. The molecule has 0 fully saturated rings. The number of amides is 3. The second-order valence-corrected chi connectivity index (χ2v) is 4.99. The van der Waals surface area contributed by atoms with Gasteiger partial charge in [0.1, 0.15) is 0 Å². The summed E-state index contributed by atoms with van der Waals surface area (Å²) in [6.07, 6.45) is -3.94. The Morgan fingerprint density at radius 1 is 1.25 bits per heavy atom. The van der Waals surface area contributed by atoms with E-state index in [1.807, 2.05) is 12.2 Å². The third kappa shape index (κ3) is 6.27. The van der Waals surface area contributed by atoms with E-state index >= 15 is 0 Å². The molecule has 6 nitrogen and oxygen atoms in total. The first-order chi connectivity index (χ1) is 11.1. The molecule has 0 aliphatic heterocycles. The maximum atomic E-state index is 12.6. The van der Waals surface area contributed by atoms with Crippen molar-refractivity contribution in [3.8, 4) is 0 Å². The van der Waals surface area contributed by atoms with E-state index in [2.05, 4.69) is 10.1 Å². The first-order valence-corrected chi connectivity index (χ1v) is 7.08. The van der Waals surface area contributed by atoms with Crippen molar-refractivity contribution in [2.75, 3.05) is 6.61 Å². The molecular weight excluding hydrogens is 329 g/mol. The molecule has 0 bridgehead atoms. The van der Waals surface area contributed by atoms with E-state index in [-0.39, 0.29) is 11.6 Å². The predicted octanol–water partition coefficient (Wildman–Crippen LogP) is 2.49. The van der Waals surface area contributed by atoms with Crippen molar-refractivity contribution < 1.29 is 32.3 Å². The summed E-state index contributed by atoms with van der Waals surface area (Å²) in [4.78, 5) is 34.5. The molecule has 24 heavy (non-hydrogen) atoms. The number of nitrogens with one attached hydrogen (secondary N) is 2. The van der Waals surface area contributed by atoms with Crippen molar-refractivity contribution >= 4 is 17.9 Å². The van der Waals surface area contributed by atoms with Gasteiger partial charge in [0.2, 0.25) is 0 Å². The number of carbonyl (C=O) groups is 3. The maximum absolute atomic E-state index is 12.6. The van der Waals surface area contributed by atoms with Gasteiger partial charge in [-0.2, -0.15) is 13.2 Å². The van der Waals surface area contributed by atoms with Crippen LogP contribution in [-0.4, -0.2) is 30.6 Å². The van der Waals surface area contributed by atoms with Crippen molar-refractivity contribution in [2.45, 2.75) is 32.5 Å². The Balaban J connectivity index is 2.54. The van der Waals surface area contributed by atoms with E-state index in [1.54, 1.807) is 6.92 Å². The summed E-state index contributed by atoms with van der Waals surface area (Å²) in [6, 6.07) is 2.72. The molecule has 0 aliphatic carbocycles. The molecule has 3 amide bonds. The summed E-state index contributed by atoms with van der Waals surface area (Å²) in [7, 11) is 0. The van der Waals surface area contributed by atoms with Crippen LogP contribution in [0.5, 0.6) is 0 Å². The Morgan fingerprint density at radius 2 is 1.92 bits per heavy atom. The van der Waals surface area contributed by atoms with Crippen LogP contribution in [0, 0.1) is 0 Å². The fraction of sp³-hybridized carbons (Fsp3) is 0.400. The number of alkyl halides is 3. The standard InChI is InChI=1S/C15H17F3N2O4/c1-3-9(2)19-14(23)20-12(21)8-24-13(22)10-5-4-6-11(7-10)15(16,17)18/h4-7,9H,3,8H2,1-2H3,(H2,19,20,21,23)/t9-/m1/s1. The number of urea groups is 1. The van der Waals surface area contributed by atoms with Crippen LogP contribution in [0.2, 0.25) is 0 Å². The van der Waals surface area contributed by atoms with Crippen LogP contribution in [0.1, 0.15) is 36.2 Å². The molecule has 0 saturated heterocycles. The molecule has 0 aliphatic rings. The van der Waals surface area contributed by atoms with Crippen LogP contribution in [0.4, 0.5) is 18.0 Å². The minimum absolute atomic E-state index is 0.148. The molecule has 0 saturated carbocycles. The number of carbonyl (C=O) groups excluding carboxylic acids is 3. The van der Waals surface area contributed by atoms with Gasteiger partial charge in [0, 0.05) is 6.04 Å². The summed E-state index contributed by atoms with van der Waals surface area (Å²) in [6.45, 7) is 2.78. The van der Waals surface area contributed by atoms with Gasteiger partial charge in [0.25, 0.3) is 5.91 Å². The van der Waals surface area contributed by atoms with Gasteiger partial charge in [0.05, 0.1) is 11.1 Å². The zero-order valence-corrected chi connectivity index (χ0v) is 13.1. The molecule has 1 rings (SSSR count). The average Bonchev–Trinajstić information content (AvgIpc) is 2.51. The topological polar surface area (TPSA) is 84.5 Å². The van der Waals surface area contributed by atoms with Crippen LogP contribution < -0.4 is 10.6 Å². The third-order valence-corrected chi connectivity index (χ3v) is 3.00. The highest BCUT2D eigenvalue weighted by Crippen LogP contribution is 2.29. The summed E-state index contributed by atoms with van der Waals surface area (Å²) in [5.41, 5.74) is -1.35. The third-order valence-electron chi connectivity index (χ3n) is 3.00. The Kier molecular flexibility index (Phi) is 6.75. The highest BCUT2D eigenvalue weighted by Gasteiger charge is 2.31. The molecular formula is C15H17F3N2O4. The number of benzene rings is 1. The van der Waals surface area contributed by atoms with Gasteiger partial charge in [0.15, 0.2) is 6.61 Å². The van der Waals surface area contributed by atoms with E-state index in [0.29, 0.717) is 12.5 Å². The Bertz CT molecular complexity index is 617. The molecule has 0 radical (unpaired) electrons. The number of halogens is 3. The van der Waals surface area contributed by atoms with Gasteiger partial charge in [-0.1, -0.05) is 13.0 Å². The minimum atomic E-state index is -4.60. The highest BCUT2D eigenvalue weighted by molar-refractivity contribution is 5.97. The number of esters is 1. The smallest absolute Gasteiger partial charge is 0.416 e. The van der Waals surface area contributed by atoms with E-state index in [0.717, 1.165) is 18.2 Å². The van der Waals surface area contributed by atoms with E-state index in [4.69, 9.17) is 0 Å². The van der Waals surface area contributed by atoms with Crippen LogP contribution in [-0.2, 0) is 15.7 Å². The zero-order valence-electron chi connectivity index (χ0n) is 13.1. The Labute approximate surface area is 136 Å². The Hall–Kier alpha value is -2.58. The summed E-state index contributed by atoms with van der Waals surface area (Å²) < 4.78 is 42.3. The lowest BCUT2D eigenvalue weighted by Crippen LogP contribution is -2.44. The number of hydrogen-bond donors (Lipinski definition) is 2. The van der Waals surface area contributed by atoms with Crippen molar-refractivity contribution in [3.63, 3.8) is 0 Å². The first-order valence-electron chi connectivity index (χ1n) is 7.08. The molecule has 1 aromatic carbocycles. The molecule has 0 unspecified atom stereocenters. The van der Waals surface area contributed by atoms with Crippen LogP contribution >= 0.6 is 0 Å². The lowest BCUT2D eigenvalue weighted by Gasteiger charge is -2.12. The second-order valence-electron chi connectivity index (χ2n) is 4.99. The maximum Gasteiger partial charge on any atom is 0.416 e. The Morgan fingerprint density at radius 3 is 2.50 bits per heavy atom. The summed E-state index contributed by atoms with van der Waals surface area (Å²) in [5.74, 6) is -1.99. The van der Waals surface area contributed by atoms with Gasteiger partial charge in [-0.15, -0.1) is 0 Å². The summed E-state index contributed by atoms with van der Waals surface area (Å²) >= 11 is 0. The molecule has 1 atom stereocenters. The van der Waals surface area contributed by atoms with Gasteiger partial charge in [-0.3, -0.25) is 10.1 Å². The molecule has 2 N–H and O–H groups in total. The van der Waals surface area contributed by atoms with Gasteiger partial charge in [-0.25, -0.2) is 9.59 Å². The molecule has 0 spiro atoms. The van der Waals surface area contributed by atoms with Crippen molar-refractivity contribution in [3.05, 3.63) is 35.4 Å². The van der Waals surface area contributed by atoms with Crippen LogP contribution in [0.3, 0.4) is 0 Å². The monoisotopic (exact) mass is 346 g/mol. The fourth-order valence-corrected chi connectivity index (χ4v) is 1.56. The van der Waals surface area contributed by atoms with Crippen molar-refractivity contribution in [1.82, 2.24) is 10.6 Å². The quantitative estimate of drug-likeness (QED) is 0.802. The molecule has 132 valence electrons. The van der Waals surface area contributed by atoms with Crippen LogP contribution in [0.15, 0.2) is 24.3 Å². The highest BCUT2D eigenvalue weighted by atomic mass is 19.4. The van der Waals surface area contributed by atoms with E-state index in [1.165, 1.54) is 0 Å². The normalized spacial score (nSPS) is 12.2. The minimum Gasteiger partial charge on any atom is -0.452 e. The average molecular weight is 346 g/mol. The predicted molar refractivity (Wildman–Crippen MR) is 78.2 cm³/mol. The van der Waals surface area contributed by atoms with Crippen molar-refractivity contribution in [2.24, 2.45) is 0 Å². The van der Waals surface area contributed by atoms with E-state index in [9.17, 15) is 27.6 Å². The molecule has 0 heterocycles. The zero-order chi connectivity index (χ0) is 18.3. The van der Waals surface area contributed by atoms with Gasteiger partial charge in [-0.05, 0) is 31.5 Å². The van der Waals surface area contributed by atoms with Crippen LogP contribution in [0.25, 0.3) is 0 Å². The summed E-state index contributed by atoms with van der Waals surface area (Å²) in [5, 5.41) is 4.41. The fourth-order valence-electron chi connectivity index (χ4n) is 1.56. The number of hydrogen-bond acceptors (Lipinski definition) is 4. The number of rotatable bonds is 5. The first kappa shape index (κ1) is 19.5. The lowest BCUT2D eigenvalue weighted by molar-refractivity contribution is -0.137. The SMILES string of the molecule is CC[C@@H](C)NC(=O)NC(=O)COC(=O)c1cccc(C(F)(F)F)c1. The van der Waals surface area contributed by atoms with Gasteiger partial charge >= 0.3 is 18.2 Å². The van der Waals surface area contributed by atoms with Crippen molar-refractivity contribution in [1.29, 1.82) is 0 Å². The molecule has 1 aromatic rings. The molecule has 0 aromatic heterocycles. The number of ether oxygens (including phenoxy) is 1. The largest absolute Gasteiger partial charge is 0.452 e.